The molecule has 16 heavy (non-hydrogen) atoms. The zero-order valence-corrected chi connectivity index (χ0v) is 10.8. The van der Waals surface area contributed by atoms with Crippen LogP contribution in [0.3, 0.4) is 0 Å². The molecule has 1 aliphatic rings. The van der Waals surface area contributed by atoms with E-state index in [0.717, 1.165) is 18.7 Å². The van der Waals surface area contributed by atoms with E-state index < -0.39 is 0 Å². The third-order valence-corrected chi connectivity index (χ3v) is 4.47. The lowest BCUT2D eigenvalue weighted by Gasteiger charge is -2.23. The second-order valence-electron chi connectivity index (χ2n) is 4.35. The Morgan fingerprint density at radius 2 is 2.12 bits per heavy atom. The third-order valence-electron chi connectivity index (χ3n) is 3.07. The molecule has 1 fully saturated rings. The van der Waals surface area contributed by atoms with Gasteiger partial charge in [-0.1, -0.05) is 12.1 Å². The predicted octanol–water partition coefficient (Wildman–Crippen LogP) is 2.68. The molecule has 88 valence electrons. The Morgan fingerprint density at radius 1 is 1.38 bits per heavy atom. The number of methoxy groups -OCH3 is 1. The largest absolute Gasteiger partial charge is 0.497 e. The van der Waals surface area contributed by atoms with Gasteiger partial charge in [0.25, 0.3) is 0 Å². The summed E-state index contributed by atoms with van der Waals surface area (Å²) >= 11 is 2.04. The van der Waals surface area contributed by atoms with Gasteiger partial charge in [-0.15, -0.1) is 11.8 Å². The molecule has 0 amide bonds. The van der Waals surface area contributed by atoms with Crippen molar-refractivity contribution in [3.05, 3.63) is 29.8 Å². The van der Waals surface area contributed by atoms with Crippen molar-refractivity contribution < 1.29 is 4.74 Å². The predicted molar refractivity (Wildman–Crippen MR) is 70.2 cm³/mol. The molecule has 1 atom stereocenters. The Balaban J connectivity index is 1.89. The molecule has 0 spiro atoms. The van der Waals surface area contributed by atoms with E-state index in [-0.39, 0.29) is 4.87 Å². The van der Waals surface area contributed by atoms with E-state index in [9.17, 15) is 0 Å². The van der Waals surface area contributed by atoms with E-state index in [2.05, 4.69) is 24.4 Å². The molecule has 0 aliphatic carbocycles. The summed E-state index contributed by atoms with van der Waals surface area (Å²) < 4.78 is 5.15. The van der Waals surface area contributed by atoms with Gasteiger partial charge in [0.1, 0.15) is 5.75 Å². The van der Waals surface area contributed by atoms with E-state index in [1.165, 1.54) is 17.7 Å². The fourth-order valence-electron chi connectivity index (χ4n) is 1.98. The maximum atomic E-state index is 5.15. The molecule has 0 saturated carbocycles. The summed E-state index contributed by atoms with van der Waals surface area (Å²) in [5.41, 5.74) is 1.39. The number of ether oxygens (including phenoxy) is 1. The Bertz CT molecular complexity index is 330. The van der Waals surface area contributed by atoms with E-state index in [0.29, 0.717) is 0 Å². The number of rotatable bonds is 4. The Kier molecular flexibility index (Phi) is 3.77. The second kappa shape index (κ2) is 5.11. The van der Waals surface area contributed by atoms with Crippen molar-refractivity contribution in [1.29, 1.82) is 0 Å². The first-order valence-electron chi connectivity index (χ1n) is 5.74. The Hall–Kier alpha value is -0.670. The van der Waals surface area contributed by atoms with Gasteiger partial charge in [-0.3, -0.25) is 0 Å². The zero-order valence-electron chi connectivity index (χ0n) is 9.95. The topological polar surface area (TPSA) is 21.3 Å². The quantitative estimate of drug-likeness (QED) is 0.870. The fraction of sp³-hybridized carbons (Fsp3) is 0.538. The molecular weight excluding hydrogens is 218 g/mol. The van der Waals surface area contributed by atoms with Gasteiger partial charge in [0.2, 0.25) is 0 Å². The Morgan fingerprint density at radius 3 is 2.69 bits per heavy atom. The third kappa shape index (κ3) is 2.92. The van der Waals surface area contributed by atoms with Gasteiger partial charge in [-0.2, -0.15) is 0 Å². The standard InChI is InChI=1S/C13H19NOS/c1-13(14-9-10-16-13)8-7-11-3-5-12(15-2)6-4-11/h3-6,14H,7-10H2,1-2H3. The molecule has 2 rings (SSSR count). The first kappa shape index (κ1) is 11.8. The molecular formula is C13H19NOS. The summed E-state index contributed by atoms with van der Waals surface area (Å²) in [5.74, 6) is 2.17. The van der Waals surface area contributed by atoms with Gasteiger partial charge in [-0.25, -0.2) is 0 Å². The highest BCUT2D eigenvalue weighted by atomic mass is 32.2. The maximum Gasteiger partial charge on any atom is 0.118 e. The number of benzene rings is 1. The van der Waals surface area contributed by atoms with Crippen molar-refractivity contribution in [3.8, 4) is 5.75 Å². The molecule has 1 aromatic carbocycles. The van der Waals surface area contributed by atoms with E-state index >= 15 is 0 Å². The number of hydrogen-bond acceptors (Lipinski definition) is 3. The highest BCUT2D eigenvalue weighted by Crippen LogP contribution is 2.31. The first-order chi connectivity index (χ1) is 7.72. The summed E-state index contributed by atoms with van der Waals surface area (Å²) in [5, 5.41) is 3.56. The zero-order chi connectivity index (χ0) is 11.4. The van der Waals surface area contributed by atoms with Crippen LogP contribution in [0.4, 0.5) is 0 Å². The molecule has 0 aromatic heterocycles. The van der Waals surface area contributed by atoms with Crippen molar-refractivity contribution in [1.82, 2.24) is 5.32 Å². The smallest absolute Gasteiger partial charge is 0.118 e. The molecule has 3 heteroatoms. The lowest BCUT2D eigenvalue weighted by atomic mass is 10.1. The molecule has 1 aromatic rings. The summed E-state index contributed by atoms with van der Waals surface area (Å²) in [4.78, 5) is 0.278. The van der Waals surface area contributed by atoms with E-state index in [4.69, 9.17) is 4.74 Å². The molecule has 0 bridgehead atoms. The van der Waals surface area contributed by atoms with E-state index in [1.54, 1.807) is 7.11 Å². The average molecular weight is 237 g/mol. The molecule has 2 nitrogen and oxygen atoms in total. The van der Waals surface area contributed by atoms with Crippen LogP contribution in [0.2, 0.25) is 0 Å². The van der Waals surface area contributed by atoms with Crippen LogP contribution in [-0.4, -0.2) is 24.3 Å². The molecule has 1 N–H and O–H groups in total. The Labute approximate surface area is 102 Å². The lowest BCUT2D eigenvalue weighted by molar-refractivity contribution is 0.414. The first-order valence-corrected chi connectivity index (χ1v) is 6.72. The number of thioether (sulfide) groups is 1. The molecule has 1 aliphatic heterocycles. The number of nitrogens with one attached hydrogen (secondary N) is 1. The molecule has 0 radical (unpaired) electrons. The van der Waals surface area contributed by atoms with Crippen LogP contribution in [0.15, 0.2) is 24.3 Å². The minimum absolute atomic E-state index is 0.278. The van der Waals surface area contributed by atoms with Gasteiger partial charge in [-0.05, 0) is 37.5 Å². The minimum Gasteiger partial charge on any atom is -0.497 e. The summed E-state index contributed by atoms with van der Waals surface area (Å²) in [7, 11) is 1.70. The highest BCUT2D eigenvalue weighted by Gasteiger charge is 2.27. The maximum absolute atomic E-state index is 5.15. The minimum atomic E-state index is 0.278. The van der Waals surface area contributed by atoms with Crippen LogP contribution < -0.4 is 10.1 Å². The molecule has 1 saturated heterocycles. The molecule has 1 unspecified atom stereocenters. The number of aryl methyl sites for hydroxylation is 1. The van der Waals surface area contributed by atoms with Crippen molar-refractivity contribution >= 4 is 11.8 Å². The monoisotopic (exact) mass is 237 g/mol. The highest BCUT2D eigenvalue weighted by molar-refractivity contribution is 8.00. The lowest BCUT2D eigenvalue weighted by Crippen LogP contribution is -2.33. The van der Waals surface area contributed by atoms with E-state index in [1.807, 2.05) is 23.9 Å². The number of hydrogen-bond donors (Lipinski definition) is 1. The molecule has 1 heterocycles. The normalized spacial score (nSPS) is 24.6. The van der Waals surface area contributed by atoms with Gasteiger partial charge in [0, 0.05) is 12.3 Å². The van der Waals surface area contributed by atoms with Crippen LogP contribution in [0.1, 0.15) is 18.9 Å². The van der Waals surface area contributed by atoms with Crippen LogP contribution >= 0.6 is 11.8 Å². The summed E-state index contributed by atoms with van der Waals surface area (Å²) in [6, 6.07) is 8.38. The van der Waals surface area contributed by atoms with Crippen molar-refractivity contribution in [3.63, 3.8) is 0 Å². The average Bonchev–Trinajstić information content (AvgIpc) is 2.75. The van der Waals surface area contributed by atoms with Crippen LogP contribution in [0, 0.1) is 0 Å². The fourth-order valence-corrected chi connectivity index (χ4v) is 3.08. The SMILES string of the molecule is COc1ccc(CCC2(C)NCCS2)cc1. The van der Waals surface area contributed by atoms with Gasteiger partial charge < -0.3 is 10.1 Å². The van der Waals surface area contributed by atoms with Gasteiger partial charge in [0.15, 0.2) is 0 Å². The van der Waals surface area contributed by atoms with Gasteiger partial charge >= 0.3 is 0 Å². The van der Waals surface area contributed by atoms with Crippen molar-refractivity contribution in [2.75, 3.05) is 19.4 Å². The summed E-state index contributed by atoms with van der Waals surface area (Å²) in [6.45, 7) is 3.44. The van der Waals surface area contributed by atoms with Crippen molar-refractivity contribution in [2.24, 2.45) is 0 Å². The van der Waals surface area contributed by atoms with Crippen LogP contribution in [0.25, 0.3) is 0 Å². The van der Waals surface area contributed by atoms with Crippen LogP contribution in [-0.2, 0) is 6.42 Å². The van der Waals surface area contributed by atoms with Crippen LogP contribution in [0.5, 0.6) is 5.75 Å². The second-order valence-corrected chi connectivity index (χ2v) is 5.95. The summed E-state index contributed by atoms with van der Waals surface area (Å²) in [6.07, 6.45) is 2.31. The van der Waals surface area contributed by atoms with Gasteiger partial charge in [0.05, 0.1) is 12.0 Å². The van der Waals surface area contributed by atoms with Crippen molar-refractivity contribution in [2.45, 2.75) is 24.6 Å².